The molecule has 18 heavy (non-hydrogen) atoms. The van der Waals surface area contributed by atoms with E-state index in [1.54, 1.807) is 6.92 Å². The Morgan fingerprint density at radius 3 is 2.78 bits per heavy atom. The average Bonchev–Trinajstić information content (AvgIpc) is 2.37. The first-order chi connectivity index (χ1) is 8.49. The van der Waals surface area contributed by atoms with Gasteiger partial charge in [-0.2, -0.15) is 0 Å². The fraction of sp³-hybridized carbons (Fsp3) is 0.364. The maximum absolute atomic E-state index is 11.3. The van der Waals surface area contributed by atoms with Gasteiger partial charge < -0.3 is 15.2 Å². The van der Waals surface area contributed by atoms with Crippen molar-refractivity contribution >= 4 is 17.3 Å². The molecule has 1 atom stereocenters. The summed E-state index contributed by atoms with van der Waals surface area (Å²) < 4.78 is 4.54. The quantitative estimate of drug-likeness (QED) is 0.464. The number of hydrogen-bond acceptors (Lipinski definition) is 6. The smallest absolute Gasteiger partial charge is 0.337 e. The number of benzene rings is 1. The lowest BCUT2D eigenvalue weighted by Crippen LogP contribution is -2.20. The summed E-state index contributed by atoms with van der Waals surface area (Å²) in [4.78, 5) is 21.6. The van der Waals surface area contributed by atoms with Crippen molar-refractivity contribution in [2.75, 3.05) is 19.0 Å². The van der Waals surface area contributed by atoms with Crippen LogP contribution in [0.4, 0.5) is 11.4 Å². The van der Waals surface area contributed by atoms with Crippen molar-refractivity contribution < 1.29 is 19.6 Å². The standard InChI is InChI=1S/C11H14N2O5/c1-7(6-14)12-9-5-8(11(15)18-2)3-4-10(9)13(16)17/h3-5,7,12,14H,6H2,1-2H3. The van der Waals surface area contributed by atoms with Gasteiger partial charge in [-0.1, -0.05) is 0 Å². The van der Waals surface area contributed by atoms with Crippen LogP contribution in [0.5, 0.6) is 0 Å². The van der Waals surface area contributed by atoms with Crippen LogP contribution in [-0.2, 0) is 4.74 Å². The summed E-state index contributed by atoms with van der Waals surface area (Å²) in [5.41, 5.74) is 0.211. The monoisotopic (exact) mass is 254 g/mol. The van der Waals surface area contributed by atoms with E-state index in [1.807, 2.05) is 0 Å². The number of nitro benzene ring substituents is 1. The lowest BCUT2D eigenvalue weighted by atomic mass is 10.1. The Morgan fingerprint density at radius 1 is 1.61 bits per heavy atom. The highest BCUT2D eigenvalue weighted by molar-refractivity contribution is 5.91. The molecule has 0 aliphatic rings. The van der Waals surface area contributed by atoms with Crippen molar-refractivity contribution in [1.29, 1.82) is 0 Å². The molecule has 0 heterocycles. The molecule has 0 saturated carbocycles. The Balaban J connectivity index is 3.15. The molecule has 98 valence electrons. The van der Waals surface area contributed by atoms with E-state index in [4.69, 9.17) is 5.11 Å². The highest BCUT2D eigenvalue weighted by Crippen LogP contribution is 2.26. The second-order valence-corrected chi connectivity index (χ2v) is 3.71. The Bertz CT molecular complexity index is 461. The van der Waals surface area contributed by atoms with Crippen LogP contribution < -0.4 is 5.32 Å². The third kappa shape index (κ3) is 3.17. The Labute approximate surface area is 104 Å². The third-order valence-electron chi connectivity index (χ3n) is 2.29. The van der Waals surface area contributed by atoms with E-state index < -0.39 is 10.9 Å². The fourth-order valence-corrected chi connectivity index (χ4v) is 1.37. The summed E-state index contributed by atoms with van der Waals surface area (Å²) >= 11 is 0. The number of nitro groups is 1. The van der Waals surface area contributed by atoms with E-state index in [-0.39, 0.29) is 29.6 Å². The summed E-state index contributed by atoms with van der Waals surface area (Å²) in [5, 5.41) is 22.5. The molecule has 0 bridgehead atoms. The second-order valence-electron chi connectivity index (χ2n) is 3.71. The van der Waals surface area contributed by atoms with Crippen LogP contribution in [0.1, 0.15) is 17.3 Å². The van der Waals surface area contributed by atoms with Crippen molar-refractivity contribution in [2.45, 2.75) is 13.0 Å². The Hall–Kier alpha value is -2.15. The SMILES string of the molecule is COC(=O)c1ccc([N+](=O)[O-])c(NC(C)CO)c1. The van der Waals surface area contributed by atoms with Crippen molar-refractivity contribution in [1.82, 2.24) is 0 Å². The van der Waals surface area contributed by atoms with E-state index in [9.17, 15) is 14.9 Å². The van der Waals surface area contributed by atoms with Crippen molar-refractivity contribution in [3.05, 3.63) is 33.9 Å². The summed E-state index contributed by atoms with van der Waals surface area (Å²) in [6, 6.07) is 3.50. The molecule has 0 radical (unpaired) electrons. The van der Waals surface area contributed by atoms with Gasteiger partial charge in [0.25, 0.3) is 5.69 Å². The summed E-state index contributed by atoms with van der Waals surface area (Å²) in [6.07, 6.45) is 0. The van der Waals surface area contributed by atoms with Gasteiger partial charge >= 0.3 is 5.97 Å². The fourth-order valence-electron chi connectivity index (χ4n) is 1.37. The van der Waals surface area contributed by atoms with Gasteiger partial charge in [0.15, 0.2) is 0 Å². The van der Waals surface area contributed by atoms with E-state index in [0.29, 0.717) is 0 Å². The molecule has 0 aromatic heterocycles. The molecule has 0 aliphatic heterocycles. The van der Waals surface area contributed by atoms with Crippen LogP contribution in [0.15, 0.2) is 18.2 Å². The number of nitrogens with zero attached hydrogens (tertiary/aromatic N) is 1. The van der Waals surface area contributed by atoms with Crippen LogP contribution in [0, 0.1) is 10.1 Å². The van der Waals surface area contributed by atoms with Gasteiger partial charge in [0.05, 0.1) is 24.2 Å². The maximum Gasteiger partial charge on any atom is 0.337 e. The first kappa shape index (κ1) is 13.9. The minimum atomic E-state index is -0.579. The molecule has 0 fully saturated rings. The summed E-state index contributed by atoms with van der Waals surface area (Å²) in [5.74, 6) is -0.579. The van der Waals surface area contributed by atoms with Gasteiger partial charge in [-0.25, -0.2) is 4.79 Å². The molecule has 2 N–H and O–H groups in total. The number of aliphatic hydroxyl groups excluding tert-OH is 1. The zero-order valence-corrected chi connectivity index (χ0v) is 10.0. The summed E-state index contributed by atoms with van der Waals surface area (Å²) in [6.45, 7) is 1.48. The Kier molecular flexibility index (Phi) is 4.61. The maximum atomic E-state index is 11.3. The number of anilines is 1. The molecule has 1 rings (SSSR count). The molecule has 1 unspecified atom stereocenters. The van der Waals surface area contributed by atoms with Gasteiger partial charge in [0.1, 0.15) is 5.69 Å². The van der Waals surface area contributed by atoms with Crippen LogP contribution in [0.3, 0.4) is 0 Å². The average molecular weight is 254 g/mol. The molecule has 0 amide bonds. The van der Waals surface area contributed by atoms with Crippen LogP contribution in [0.2, 0.25) is 0 Å². The number of ether oxygens (including phenoxy) is 1. The predicted octanol–water partition coefficient (Wildman–Crippen LogP) is 1.17. The molecule has 1 aromatic rings. The third-order valence-corrected chi connectivity index (χ3v) is 2.29. The zero-order chi connectivity index (χ0) is 13.7. The second kappa shape index (κ2) is 5.97. The number of rotatable bonds is 5. The van der Waals surface area contributed by atoms with Gasteiger partial charge in [-0.15, -0.1) is 0 Å². The molecule has 7 heteroatoms. The zero-order valence-electron chi connectivity index (χ0n) is 10.0. The number of nitrogens with one attached hydrogen (secondary N) is 1. The van der Waals surface area contributed by atoms with Gasteiger partial charge in [0.2, 0.25) is 0 Å². The van der Waals surface area contributed by atoms with Crippen molar-refractivity contribution in [3.63, 3.8) is 0 Å². The number of esters is 1. The van der Waals surface area contributed by atoms with Crippen LogP contribution in [0.25, 0.3) is 0 Å². The normalized spacial score (nSPS) is 11.7. The highest BCUT2D eigenvalue weighted by Gasteiger charge is 2.18. The molecular formula is C11H14N2O5. The molecule has 0 spiro atoms. The first-order valence-corrected chi connectivity index (χ1v) is 5.23. The Morgan fingerprint density at radius 2 is 2.28 bits per heavy atom. The number of carbonyl (C=O) groups is 1. The lowest BCUT2D eigenvalue weighted by molar-refractivity contribution is -0.384. The van der Waals surface area contributed by atoms with E-state index >= 15 is 0 Å². The highest BCUT2D eigenvalue weighted by atomic mass is 16.6. The van der Waals surface area contributed by atoms with Crippen molar-refractivity contribution in [2.24, 2.45) is 0 Å². The molecule has 7 nitrogen and oxygen atoms in total. The van der Waals surface area contributed by atoms with Gasteiger partial charge in [-0.3, -0.25) is 10.1 Å². The van der Waals surface area contributed by atoms with Gasteiger partial charge in [-0.05, 0) is 19.1 Å². The van der Waals surface area contributed by atoms with Crippen LogP contribution in [-0.4, -0.2) is 35.8 Å². The van der Waals surface area contributed by atoms with Gasteiger partial charge in [0, 0.05) is 12.1 Å². The number of aliphatic hydroxyl groups is 1. The minimum absolute atomic E-state index is 0.164. The molecule has 0 saturated heterocycles. The lowest BCUT2D eigenvalue weighted by Gasteiger charge is -2.13. The first-order valence-electron chi connectivity index (χ1n) is 5.23. The predicted molar refractivity (Wildman–Crippen MR) is 64.6 cm³/mol. The number of methoxy groups -OCH3 is 1. The minimum Gasteiger partial charge on any atom is -0.465 e. The number of carbonyl (C=O) groups excluding carboxylic acids is 1. The topological polar surface area (TPSA) is 102 Å². The van der Waals surface area contributed by atoms with E-state index in [2.05, 4.69) is 10.1 Å². The van der Waals surface area contributed by atoms with Crippen molar-refractivity contribution in [3.8, 4) is 0 Å². The van der Waals surface area contributed by atoms with Crippen LogP contribution >= 0.6 is 0 Å². The molecule has 1 aromatic carbocycles. The molecular weight excluding hydrogens is 240 g/mol. The summed E-state index contributed by atoms with van der Waals surface area (Å²) in [7, 11) is 1.23. The largest absolute Gasteiger partial charge is 0.465 e. The number of hydrogen-bond donors (Lipinski definition) is 2. The van der Waals surface area contributed by atoms with E-state index in [1.165, 1.54) is 25.3 Å². The molecule has 0 aliphatic carbocycles. The van der Waals surface area contributed by atoms with E-state index in [0.717, 1.165) is 0 Å².